The monoisotopic (exact) mass is 399 g/mol. The molecular weight excluding hydrogens is 378 g/mol. The molecule has 1 saturated heterocycles. The number of amides is 1. The topological polar surface area (TPSA) is 76.1 Å². The SMILES string of the molecule is COc1ccc([C@@H]2CN(C(=O)OC(C)(C)C)C[C@H]2C(=O)O)c(Br)c1. The first-order chi connectivity index (χ1) is 11.1. The van der Waals surface area contributed by atoms with E-state index >= 15 is 0 Å². The number of carbonyl (C=O) groups is 2. The second-order valence-electron chi connectivity index (χ2n) is 6.82. The molecule has 2 rings (SSSR count). The number of ether oxygens (including phenoxy) is 2. The van der Waals surface area contributed by atoms with Gasteiger partial charge < -0.3 is 19.5 Å². The number of aliphatic carboxylic acids is 1. The van der Waals surface area contributed by atoms with Crippen molar-refractivity contribution in [2.45, 2.75) is 32.3 Å². The van der Waals surface area contributed by atoms with Crippen molar-refractivity contribution in [1.29, 1.82) is 0 Å². The van der Waals surface area contributed by atoms with E-state index in [2.05, 4.69) is 15.9 Å². The van der Waals surface area contributed by atoms with E-state index in [1.165, 1.54) is 4.90 Å². The Balaban J connectivity index is 2.25. The molecule has 1 N–H and O–H groups in total. The van der Waals surface area contributed by atoms with E-state index in [4.69, 9.17) is 9.47 Å². The maximum Gasteiger partial charge on any atom is 0.410 e. The number of benzene rings is 1. The third-order valence-corrected chi connectivity index (χ3v) is 4.58. The van der Waals surface area contributed by atoms with E-state index in [0.717, 1.165) is 10.0 Å². The highest BCUT2D eigenvalue weighted by molar-refractivity contribution is 9.10. The molecule has 6 nitrogen and oxygen atoms in total. The molecule has 1 heterocycles. The highest BCUT2D eigenvalue weighted by Crippen LogP contribution is 2.38. The van der Waals surface area contributed by atoms with Gasteiger partial charge in [-0.3, -0.25) is 4.79 Å². The molecule has 0 unspecified atom stereocenters. The molecule has 0 spiro atoms. The number of carboxylic acids is 1. The van der Waals surface area contributed by atoms with Crippen molar-refractivity contribution in [2.75, 3.05) is 20.2 Å². The maximum atomic E-state index is 12.3. The second-order valence-corrected chi connectivity index (χ2v) is 7.68. The molecule has 1 fully saturated rings. The molecule has 0 aliphatic carbocycles. The van der Waals surface area contributed by atoms with E-state index < -0.39 is 23.6 Å². The Morgan fingerprint density at radius 2 is 1.96 bits per heavy atom. The molecule has 1 aromatic rings. The predicted molar refractivity (Wildman–Crippen MR) is 92.4 cm³/mol. The third kappa shape index (κ3) is 4.20. The summed E-state index contributed by atoms with van der Waals surface area (Å²) in [6.07, 6.45) is -0.485. The van der Waals surface area contributed by atoms with E-state index in [0.29, 0.717) is 12.3 Å². The Hall–Kier alpha value is -1.76. The van der Waals surface area contributed by atoms with Crippen LogP contribution in [0.15, 0.2) is 22.7 Å². The van der Waals surface area contributed by atoms with Crippen molar-refractivity contribution in [1.82, 2.24) is 4.90 Å². The molecule has 0 saturated carbocycles. The average molecular weight is 400 g/mol. The minimum atomic E-state index is -0.922. The zero-order valence-corrected chi connectivity index (χ0v) is 15.8. The minimum Gasteiger partial charge on any atom is -0.497 e. The van der Waals surface area contributed by atoms with Crippen LogP contribution >= 0.6 is 15.9 Å². The Morgan fingerprint density at radius 1 is 1.29 bits per heavy atom. The largest absolute Gasteiger partial charge is 0.497 e. The summed E-state index contributed by atoms with van der Waals surface area (Å²) in [5, 5.41) is 9.55. The number of nitrogens with zero attached hydrogens (tertiary/aromatic N) is 1. The lowest BCUT2D eigenvalue weighted by molar-refractivity contribution is -0.141. The van der Waals surface area contributed by atoms with Crippen LogP contribution in [0.25, 0.3) is 0 Å². The maximum absolute atomic E-state index is 12.3. The molecule has 1 aliphatic heterocycles. The summed E-state index contributed by atoms with van der Waals surface area (Å²) in [6, 6.07) is 5.42. The van der Waals surface area contributed by atoms with Crippen LogP contribution in [0.1, 0.15) is 32.3 Å². The van der Waals surface area contributed by atoms with Gasteiger partial charge in [-0.15, -0.1) is 0 Å². The molecule has 7 heteroatoms. The van der Waals surface area contributed by atoms with Crippen LogP contribution in [0.2, 0.25) is 0 Å². The van der Waals surface area contributed by atoms with E-state index in [1.807, 2.05) is 6.07 Å². The number of hydrogen-bond acceptors (Lipinski definition) is 4. The smallest absolute Gasteiger partial charge is 0.410 e. The summed E-state index contributed by atoms with van der Waals surface area (Å²) in [6.45, 7) is 5.79. The first-order valence-corrected chi connectivity index (χ1v) is 8.46. The fourth-order valence-electron chi connectivity index (χ4n) is 2.78. The highest BCUT2D eigenvalue weighted by atomic mass is 79.9. The van der Waals surface area contributed by atoms with Gasteiger partial charge in [0.15, 0.2) is 0 Å². The van der Waals surface area contributed by atoms with Gasteiger partial charge in [-0.2, -0.15) is 0 Å². The van der Waals surface area contributed by atoms with Crippen LogP contribution in [0.4, 0.5) is 4.79 Å². The first kappa shape index (κ1) is 18.6. The molecule has 0 aromatic heterocycles. The molecule has 2 atom stereocenters. The van der Waals surface area contributed by atoms with Gasteiger partial charge in [0.1, 0.15) is 11.4 Å². The second kappa shape index (κ2) is 7.01. The molecular formula is C17H22BrNO5. The molecule has 24 heavy (non-hydrogen) atoms. The summed E-state index contributed by atoms with van der Waals surface area (Å²) >= 11 is 3.47. The molecule has 1 amide bonds. The summed E-state index contributed by atoms with van der Waals surface area (Å²) in [4.78, 5) is 25.4. The molecule has 132 valence electrons. The van der Waals surface area contributed by atoms with Crippen LogP contribution in [-0.4, -0.2) is 47.9 Å². The number of halogens is 1. The lowest BCUT2D eigenvalue weighted by Gasteiger charge is -2.24. The Kier molecular flexibility index (Phi) is 5.42. The number of methoxy groups -OCH3 is 1. The Labute approximate surface area is 149 Å². The third-order valence-electron chi connectivity index (χ3n) is 3.90. The van der Waals surface area contributed by atoms with Crippen LogP contribution < -0.4 is 4.74 Å². The predicted octanol–water partition coefficient (Wildman–Crippen LogP) is 3.49. The number of carboxylic acid groups (broad SMARTS) is 1. The van der Waals surface area contributed by atoms with Crippen LogP contribution in [0, 0.1) is 5.92 Å². The normalized spacial score (nSPS) is 20.8. The van der Waals surface area contributed by atoms with E-state index in [1.54, 1.807) is 40.0 Å². The van der Waals surface area contributed by atoms with Crippen molar-refractivity contribution in [3.05, 3.63) is 28.2 Å². The Bertz CT molecular complexity index is 640. The van der Waals surface area contributed by atoms with Gasteiger partial charge in [-0.1, -0.05) is 22.0 Å². The average Bonchev–Trinajstić information content (AvgIpc) is 2.90. The number of rotatable bonds is 3. The lowest BCUT2D eigenvalue weighted by atomic mass is 9.89. The summed E-state index contributed by atoms with van der Waals surface area (Å²) < 4.78 is 11.3. The summed E-state index contributed by atoms with van der Waals surface area (Å²) in [5.41, 5.74) is 0.225. The summed E-state index contributed by atoms with van der Waals surface area (Å²) in [7, 11) is 1.57. The van der Waals surface area contributed by atoms with Gasteiger partial charge in [0.05, 0.1) is 13.0 Å². The van der Waals surface area contributed by atoms with Gasteiger partial charge in [-0.05, 0) is 38.5 Å². The quantitative estimate of drug-likeness (QED) is 0.841. The fraction of sp³-hybridized carbons (Fsp3) is 0.529. The molecule has 1 aromatic carbocycles. The van der Waals surface area contributed by atoms with Crippen molar-refractivity contribution < 1.29 is 24.2 Å². The molecule has 0 bridgehead atoms. The van der Waals surface area contributed by atoms with Crippen molar-refractivity contribution in [2.24, 2.45) is 5.92 Å². The number of likely N-dealkylation sites (tertiary alicyclic amines) is 1. The Morgan fingerprint density at radius 3 is 2.46 bits per heavy atom. The van der Waals surface area contributed by atoms with Gasteiger partial charge in [0, 0.05) is 23.5 Å². The van der Waals surface area contributed by atoms with Crippen molar-refractivity contribution in [3.63, 3.8) is 0 Å². The zero-order valence-electron chi connectivity index (χ0n) is 14.2. The highest BCUT2D eigenvalue weighted by Gasteiger charge is 2.42. The van der Waals surface area contributed by atoms with E-state index in [9.17, 15) is 14.7 Å². The standard InChI is InChI=1S/C17H22BrNO5/c1-17(2,3)24-16(22)19-8-12(13(9-19)15(20)21)11-6-5-10(23-4)7-14(11)18/h5-7,12-13H,8-9H2,1-4H3,(H,20,21)/t12-,13+/m0/s1. The van der Waals surface area contributed by atoms with Gasteiger partial charge in [0.25, 0.3) is 0 Å². The molecule has 0 radical (unpaired) electrons. The van der Waals surface area contributed by atoms with Gasteiger partial charge in [0.2, 0.25) is 0 Å². The summed E-state index contributed by atoms with van der Waals surface area (Å²) in [5.74, 6) is -1.23. The minimum absolute atomic E-state index is 0.132. The first-order valence-electron chi connectivity index (χ1n) is 7.66. The van der Waals surface area contributed by atoms with Gasteiger partial charge >= 0.3 is 12.1 Å². The number of carbonyl (C=O) groups excluding carboxylic acids is 1. The number of hydrogen-bond donors (Lipinski definition) is 1. The van der Waals surface area contributed by atoms with Crippen molar-refractivity contribution in [3.8, 4) is 5.75 Å². The zero-order chi connectivity index (χ0) is 18.1. The van der Waals surface area contributed by atoms with Crippen molar-refractivity contribution >= 4 is 28.0 Å². The fourth-order valence-corrected chi connectivity index (χ4v) is 3.43. The van der Waals surface area contributed by atoms with Gasteiger partial charge in [-0.25, -0.2) is 4.79 Å². The van der Waals surface area contributed by atoms with Crippen LogP contribution in [-0.2, 0) is 9.53 Å². The van der Waals surface area contributed by atoms with Crippen LogP contribution in [0.3, 0.4) is 0 Å². The van der Waals surface area contributed by atoms with E-state index in [-0.39, 0.29) is 12.5 Å². The molecule has 1 aliphatic rings. The van der Waals surface area contributed by atoms with Crippen LogP contribution in [0.5, 0.6) is 5.75 Å². The lowest BCUT2D eigenvalue weighted by Crippen LogP contribution is -2.35.